The normalized spacial score (nSPS) is 13.6. The minimum Gasteiger partial charge on any atom is -0.480 e. The molecule has 2 rings (SSSR count). The molecule has 0 aromatic heterocycles. The van der Waals surface area contributed by atoms with Crippen LogP contribution < -0.4 is 10.1 Å². The Hall–Kier alpha value is -2.24. The van der Waals surface area contributed by atoms with Gasteiger partial charge in [0.2, 0.25) is 0 Å². The minimum absolute atomic E-state index is 0.161. The van der Waals surface area contributed by atoms with Crippen molar-refractivity contribution in [1.82, 2.24) is 4.90 Å². The Labute approximate surface area is 123 Å². The van der Waals surface area contributed by atoms with Crippen LogP contribution in [0.25, 0.3) is 0 Å². The number of hydrogen-bond acceptors (Lipinski definition) is 3. The molecule has 0 saturated heterocycles. The molecule has 0 spiro atoms. The van der Waals surface area contributed by atoms with Gasteiger partial charge in [0.05, 0.1) is 5.69 Å². The summed E-state index contributed by atoms with van der Waals surface area (Å²) in [6.45, 7) is 2.31. The maximum Gasteiger partial charge on any atom is 0.341 e. The Morgan fingerprint density at radius 3 is 2.71 bits per heavy atom. The lowest BCUT2D eigenvalue weighted by molar-refractivity contribution is -0.139. The number of hydrogen-bond donors (Lipinski definition) is 2. The van der Waals surface area contributed by atoms with Crippen molar-refractivity contribution in [2.75, 3.05) is 18.5 Å². The topological polar surface area (TPSA) is 78.9 Å². The monoisotopic (exact) mass is 292 g/mol. The molecule has 1 aliphatic carbocycles. The van der Waals surface area contributed by atoms with E-state index in [-0.39, 0.29) is 6.03 Å². The van der Waals surface area contributed by atoms with E-state index in [9.17, 15) is 9.59 Å². The van der Waals surface area contributed by atoms with Crippen LogP contribution >= 0.6 is 0 Å². The number of carboxylic acids is 1. The van der Waals surface area contributed by atoms with E-state index in [1.54, 1.807) is 24.3 Å². The summed E-state index contributed by atoms with van der Waals surface area (Å²) in [7, 11) is 0. The summed E-state index contributed by atoms with van der Waals surface area (Å²) < 4.78 is 5.18. The number of amides is 2. The van der Waals surface area contributed by atoms with Crippen LogP contribution in [-0.4, -0.2) is 41.2 Å². The predicted molar refractivity (Wildman–Crippen MR) is 78.6 cm³/mol. The minimum atomic E-state index is -1.05. The van der Waals surface area contributed by atoms with Gasteiger partial charge in [-0.05, 0) is 31.4 Å². The molecule has 1 aromatic rings. The van der Waals surface area contributed by atoms with E-state index in [0.29, 0.717) is 24.0 Å². The summed E-state index contributed by atoms with van der Waals surface area (Å²) in [5.41, 5.74) is 0.491. The molecule has 1 aromatic carbocycles. The van der Waals surface area contributed by atoms with Crippen molar-refractivity contribution in [2.45, 2.75) is 32.2 Å². The van der Waals surface area contributed by atoms with E-state index >= 15 is 0 Å². The Morgan fingerprint density at radius 1 is 1.38 bits per heavy atom. The largest absolute Gasteiger partial charge is 0.480 e. The van der Waals surface area contributed by atoms with Crippen LogP contribution in [-0.2, 0) is 4.79 Å². The SMILES string of the molecule is CCCN(C(=O)Nc1ccccc1OCC(=O)O)C1CC1. The molecule has 1 saturated carbocycles. The van der Waals surface area contributed by atoms with Crippen molar-refractivity contribution in [2.24, 2.45) is 0 Å². The van der Waals surface area contributed by atoms with Crippen LogP contribution in [0.3, 0.4) is 0 Å². The van der Waals surface area contributed by atoms with Crippen molar-refractivity contribution in [3.8, 4) is 5.75 Å². The quantitative estimate of drug-likeness (QED) is 0.809. The molecule has 6 nitrogen and oxygen atoms in total. The molecule has 0 heterocycles. The van der Waals surface area contributed by atoms with Gasteiger partial charge in [-0.1, -0.05) is 19.1 Å². The molecule has 0 aliphatic heterocycles. The molecule has 2 N–H and O–H groups in total. The van der Waals surface area contributed by atoms with Crippen LogP contribution in [0, 0.1) is 0 Å². The first kappa shape index (κ1) is 15.2. The Kier molecular flexibility index (Phi) is 5.03. The summed E-state index contributed by atoms with van der Waals surface area (Å²) in [6, 6.07) is 7.01. The molecule has 0 bridgehead atoms. The number of para-hydroxylation sites is 2. The number of carboxylic acid groups (broad SMARTS) is 1. The number of benzene rings is 1. The zero-order valence-corrected chi connectivity index (χ0v) is 12.0. The summed E-state index contributed by atoms with van der Waals surface area (Å²) in [5, 5.41) is 11.5. The van der Waals surface area contributed by atoms with Gasteiger partial charge in [0.15, 0.2) is 6.61 Å². The number of nitrogens with zero attached hydrogens (tertiary/aromatic N) is 1. The first-order chi connectivity index (χ1) is 10.1. The molecule has 2 amide bonds. The van der Waals surface area contributed by atoms with E-state index in [2.05, 4.69) is 5.32 Å². The van der Waals surface area contributed by atoms with Crippen molar-refractivity contribution in [1.29, 1.82) is 0 Å². The van der Waals surface area contributed by atoms with Gasteiger partial charge >= 0.3 is 12.0 Å². The van der Waals surface area contributed by atoms with Crippen LogP contribution in [0.1, 0.15) is 26.2 Å². The zero-order chi connectivity index (χ0) is 15.2. The molecule has 0 unspecified atom stereocenters. The number of carbonyl (C=O) groups excluding carboxylic acids is 1. The fourth-order valence-electron chi connectivity index (χ4n) is 2.10. The van der Waals surface area contributed by atoms with Gasteiger partial charge < -0.3 is 20.1 Å². The number of urea groups is 1. The van der Waals surface area contributed by atoms with E-state index in [1.165, 1.54) is 0 Å². The lowest BCUT2D eigenvalue weighted by Crippen LogP contribution is -2.37. The predicted octanol–water partition coefficient (Wildman–Crippen LogP) is 2.56. The highest BCUT2D eigenvalue weighted by Gasteiger charge is 2.32. The van der Waals surface area contributed by atoms with E-state index in [1.807, 2.05) is 11.8 Å². The van der Waals surface area contributed by atoms with Crippen molar-refractivity contribution in [3.63, 3.8) is 0 Å². The van der Waals surface area contributed by atoms with Gasteiger partial charge in [-0.25, -0.2) is 9.59 Å². The number of aliphatic carboxylic acids is 1. The molecule has 6 heteroatoms. The maximum atomic E-state index is 12.3. The van der Waals surface area contributed by atoms with Crippen molar-refractivity contribution >= 4 is 17.7 Å². The molecular weight excluding hydrogens is 272 g/mol. The number of nitrogens with one attached hydrogen (secondary N) is 1. The Morgan fingerprint density at radius 2 is 2.10 bits per heavy atom. The van der Waals surface area contributed by atoms with Gasteiger partial charge in [0, 0.05) is 12.6 Å². The van der Waals surface area contributed by atoms with Crippen LogP contribution in [0.15, 0.2) is 24.3 Å². The van der Waals surface area contributed by atoms with Crippen molar-refractivity contribution in [3.05, 3.63) is 24.3 Å². The summed E-state index contributed by atoms with van der Waals surface area (Å²) in [5.74, 6) is -0.692. The number of ether oxygens (including phenoxy) is 1. The highest BCUT2D eigenvalue weighted by molar-refractivity contribution is 5.91. The van der Waals surface area contributed by atoms with Crippen LogP contribution in [0.4, 0.5) is 10.5 Å². The highest BCUT2D eigenvalue weighted by atomic mass is 16.5. The third-order valence-corrected chi connectivity index (χ3v) is 3.19. The molecule has 1 aliphatic rings. The first-order valence-corrected chi connectivity index (χ1v) is 7.13. The van der Waals surface area contributed by atoms with Crippen LogP contribution in [0.5, 0.6) is 5.75 Å². The zero-order valence-electron chi connectivity index (χ0n) is 12.0. The fraction of sp³-hybridized carbons (Fsp3) is 0.467. The summed E-state index contributed by atoms with van der Waals surface area (Å²) in [4.78, 5) is 24.7. The summed E-state index contributed by atoms with van der Waals surface area (Å²) in [6.07, 6.45) is 3.00. The lowest BCUT2D eigenvalue weighted by Gasteiger charge is -2.22. The van der Waals surface area contributed by atoms with E-state index in [0.717, 1.165) is 19.3 Å². The molecule has 0 atom stereocenters. The molecule has 0 radical (unpaired) electrons. The smallest absolute Gasteiger partial charge is 0.341 e. The number of rotatable bonds is 7. The Bertz CT molecular complexity index is 514. The third kappa shape index (κ3) is 4.37. The average molecular weight is 292 g/mol. The molecule has 1 fully saturated rings. The average Bonchev–Trinajstić information content (AvgIpc) is 3.28. The first-order valence-electron chi connectivity index (χ1n) is 7.13. The van der Waals surface area contributed by atoms with E-state index < -0.39 is 12.6 Å². The standard InChI is InChI=1S/C15H20N2O4/c1-2-9-17(11-7-8-11)15(20)16-12-5-3-4-6-13(12)21-10-14(18)19/h3-6,11H,2,7-10H2,1H3,(H,16,20)(H,18,19). The molecule has 21 heavy (non-hydrogen) atoms. The van der Waals surface area contributed by atoms with Gasteiger partial charge in [-0.3, -0.25) is 0 Å². The van der Waals surface area contributed by atoms with Gasteiger partial charge in [0.1, 0.15) is 5.75 Å². The van der Waals surface area contributed by atoms with Crippen molar-refractivity contribution < 1.29 is 19.4 Å². The number of anilines is 1. The second-order valence-electron chi connectivity index (χ2n) is 5.03. The second kappa shape index (κ2) is 6.97. The van der Waals surface area contributed by atoms with Gasteiger partial charge in [-0.2, -0.15) is 0 Å². The third-order valence-electron chi connectivity index (χ3n) is 3.19. The fourth-order valence-corrected chi connectivity index (χ4v) is 2.10. The summed E-state index contributed by atoms with van der Waals surface area (Å²) >= 11 is 0. The number of carbonyl (C=O) groups is 2. The molecular formula is C15H20N2O4. The lowest BCUT2D eigenvalue weighted by atomic mass is 10.3. The highest BCUT2D eigenvalue weighted by Crippen LogP contribution is 2.29. The Balaban J connectivity index is 2.03. The second-order valence-corrected chi connectivity index (χ2v) is 5.03. The molecule has 114 valence electrons. The maximum absolute atomic E-state index is 12.3. The van der Waals surface area contributed by atoms with E-state index in [4.69, 9.17) is 9.84 Å². The van der Waals surface area contributed by atoms with Crippen LogP contribution in [0.2, 0.25) is 0 Å². The van der Waals surface area contributed by atoms with Gasteiger partial charge in [0.25, 0.3) is 0 Å². The van der Waals surface area contributed by atoms with Gasteiger partial charge in [-0.15, -0.1) is 0 Å².